The van der Waals surface area contributed by atoms with Crippen molar-refractivity contribution >= 4 is 5.91 Å². The Labute approximate surface area is 107 Å². The lowest BCUT2D eigenvalue weighted by Gasteiger charge is -2.18. The van der Waals surface area contributed by atoms with Crippen molar-refractivity contribution in [3.63, 3.8) is 0 Å². The zero-order valence-electron chi connectivity index (χ0n) is 10.9. The van der Waals surface area contributed by atoms with Gasteiger partial charge in [0.25, 0.3) is 0 Å². The van der Waals surface area contributed by atoms with Crippen LogP contribution in [0, 0.1) is 5.82 Å². The Morgan fingerprint density at radius 2 is 2.17 bits per heavy atom. The van der Waals surface area contributed by atoms with Crippen LogP contribution in [0.4, 0.5) is 4.39 Å². The van der Waals surface area contributed by atoms with E-state index in [4.69, 9.17) is 5.73 Å². The molecule has 0 bridgehead atoms. The number of halogens is 1. The normalized spacial score (nSPS) is 10.7. The molecule has 3 N–H and O–H groups in total. The number of nitrogens with two attached hydrogens (primary N) is 1. The smallest absolute Gasteiger partial charge is 0.234 e. The topological polar surface area (TPSA) is 58.4 Å². The second-order valence-electron chi connectivity index (χ2n) is 4.24. The van der Waals surface area contributed by atoms with Gasteiger partial charge in [0.15, 0.2) is 0 Å². The first-order chi connectivity index (χ1) is 8.56. The number of nitrogens with zero attached hydrogens (tertiary/aromatic N) is 1. The van der Waals surface area contributed by atoms with Crippen LogP contribution in [0.5, 0.6) is 0 Å². The highest BCUT2D eigenvalue weighted by atomic mass is 19.1. The number of amides is 1. The predicted octanol–water partition coefficient (Wildman–Crippen LogP) is 0.852. The van der Waals surface area contributed by atoms with Gasteiger partial charge in [0.2, 0.25) is 5.91 Å². The molecular formula is C13H20FN3O. The van der Waals surface area contributed by atoms with Crippen molar-refractivity contribution in [1.82, 2.24) is 10.2 Å². The molecule has 1 aromatic carbocycles. The van der Waals surface area contributed by atoms with Crippen LogP contribution >= 0.6 is 0 Å². The largest absolute Gasteiger partial charge is 0.355 e. The van der Waals surface area contributed by atoms with E-state index in [0.717, 1.165) is 11.1 Å². The van der Waals surface area contributed by atoms with Crippen LogP contribution in [0.1, 0.15) is 18.1 Å². The summed E-state index contributed by atoms with van der Waals surface area (Å²) in [4.78, 5) is 13.3. The first-order valence-corrected chi connectivity index (χ1v) is 5.99. The summed E-state index contributed by atoms with van der Waals surface area (Å²) in [6.07, 6.45) is 0. The molecule has 0 aliphatic carbocycles. The van der Waals surface area contributed by atoms with Crippen molar-refractivity contribution < 1.29 is 9.18 Å². The molecular weight excluding hydrogens is 233 g/mol. The molecule has 5 heteroatoms. The number of benzene rings is 1. The Bertz CT molecular complexity index is 409. The highest BCUT2D eigenvalue weighted by molar-refractivity contribution is 5.77. The van der Waals surface area contributed by atoms with Gasteiger partial charge >= 0.3 is 0 Å². The molecule has 0 aliphatic rings. The van der Waals surface area contributed by atoms with Crippen LogP contribution in [0.15, 0.2) is 18.2 Å². The zero-order valence-corrected chi connectivity index (χ0v) is 10.9. The molecule has 0 atom stereocenters. The van der Waals surface area contributed by atoms with Crippen LogP contribution < -0.4 is 11.1 Å². The van der Waals surface area contributed by atoms with E-state index in [1.54, 1.807) is 6.07 Å². The summed E-state index contributed by atoms with van der Waals surface area (Å²) in [5.74, 6) is -0.304. The summed E-state index contributed by atoms with van der Waals surface area (Å²) in [7, 11) is 1.85. The lowest BCUT2D eigenvalue weighted by Crippen LogP contribution is -2.34. The Morgan fingerprint density at radius 3 is 2.78 bits per heavy atom. The van der Waals surface area contributed by atoms with E-state index in [1.165, 1.54) is 12.1 Å². The number of hydrogen-bond acceptors (Lipinski definition) is 3. The van der Waals surface area contributed by atoms with Gasteiger partial charge < -0.3 is 11.1 Å². The van der Waals surface area contributed by atoms with Gasteiger partial charge in [-0.2, -0.15) is 0 Å². The fourth-order valence-corrected chi connectivity index (χ4v) is 1.78. The minimum atomic E-state index is -0.287. The quantitative estimate of drug-likeness (QED) is 0.790. The Morgan fingerprint density at radius 1 is 1.44 bits per heavy atom. The maximum absolute atomic E-state index is 13.0. The van der Waals surface area contributed by atoms with E-state index in [1.807, 2.05) is 18.9 Å². The number of likely N-dealkylation sites (N-methyl/N-ethyl adjacent to an activating group) is 2. The van der Waals surface area contributed by atoms with Crippen molar-refractivity contribution in [1.29, 1.82) is 0 Å². The van der Waals surface area contributed by atoms with Gasteiger partial charge in [0.05, 0.1) is 6.54 Å². The molecule has 0 fully saturated rings. The third kappa shape index (κ3) is 4.43. The zero-order chi connectivity index (χ0) is 13.5. The predicted molar refractivity (Wildman–Crippen MR) is 69.3 cm³/mol. The average molecular weight is 253 g/mol. The molecule has 4 nitrogen and oxygen atoms in total. The maximum atomic E-state index is 13.0. The van der Waals surface area contributed by atoms with Crippen LogP contribution in [0.2, 0.25) is 0 Å². The third-order valence-electron chi connectivity index (χ3n) is 2.62. The van der Waals surface area contributed by atoms with Crippen molar-refractivity contribution in [2.45, 2.75) is 20.0 Å². The van der Waals surface area contributed by atoms with E-state index in [2.05, 4.69) is 5.32 Å². The molecule has 0 saturated heterocycles. The van der Waals surface area contributed by atoms with Crippen molar-refractivity contribution in [2.75, 3.05) is 20.1 Å². The molecule has 0 spiro atoms. The van der Waals surface area contributed by atoms with E-state index in [-0.39, 0.29) is 11.7 Å². The first-order valence-electron chi connectivity index (χ1n) is 5.99. The molecule has 0 radical (unpaired) electrons. The third-order valence-corrected chi connectivity index (χ3v) is 2.62. The van der Waals surface area contributed by atoms with Gasteiger partial charge in [-0.3, -0.25) is 9.69 Å². The fraction of sp³-hybridized carbons (Fsp3) is 0.462. The van der Waals surface area contributed by atoms with Crippen molar-refractivity contribution in [3.8, 4) is 0 Å². The number of carbonyl (C=O) groups excluding carboxylic acids is 1. The van der Waals surface area contributed by atoms with E-state index < -0.39 is 0 Å². The molecule has 0 saturated carbocycles. The average Bonchev–Trinajstić information content (AvgIpc) is 2.31. The molecule has 18 heavy (non-hydrogen) atoms. The van der Waals surface area contributed by atoms with Gasteiger partial charge in [0, 0.05) is 19.6 Å². The summed E-state index contributed by atoms with van der Waals surface area (Å²) in [5.41, 5.74) is 7.31. The SMILES string of the molecule is CCNC(=O)CN(C)Cc1ccc(F)cc1CN. The number of hydrogen-bond donors (Lipinski definition) is 2. The highest BCUT2D eigenvalue weighted by Gasteiger charge is 2.09. The van der Waals surface area contributed by atoms with E-state index in [0.29, 0.717) is 26.2 Å². The molecule has 1 amide bonds. The highest BCUT2D eigenvalue weighted by Crippen LogP contribution is 2.12. The maximum Gasteiger partial charge on any atom is 0.234 e. The summed E-state index contributed by atoms with van der Waals surface area (Å²) in [6.45, 7) is 3.68. The molecule has 0 heterocycles. The molecule has 100 valence electrons. The Kier molecular flexibility index (Phi) is 5.74. The van der Waals surface area contributed by atoms with Gasteiger partial charge in [-0.05, 0) is 37.2 Å². The molecule has 0 aromatic heterocycles. The summed E-state index contributed by atoms with van der Waals surface area (Å²) in [5, 5.41) is 2.73. The number of carbonyl (C=O) groups is 1. The summed E-state index contributed by atoms with van der Waals surface area (Å²) < 4.78 is 13.0. The minimum absolute atomic E-state index is 0.0172. The van der Waals surface area contributed by atoms with Gasteiger partial charge in [0.1, 0.15) is 5.82 Å². The number of rotatable bonds is 6. The van der Waals surface area contributed by atoms with E-state index in [9.17, 15) is 9.18 Å². The summed E-state index contributed by atoms with van der Waals surface area (Å²) >= 11 is 0. The monoisotopic (exact) mass is 253 g/mol. The van der Waals surface area contributed by atoms with Crippen LogP contribution in [0.3, 0.4) is 0 Å². The lowest BCUT2D eigenvalue weighted by molar-refractivity contribution is -0.121. The second kappa shape index (κ2) is 7.08. The van der Waals surface area contributed by atoms with Crippen LogP contribution in [0.25, 0.3) is 0 Å². The van der Waals surface area contributed by atoms with Gasteiger partial charge in [-0.25, -0.2) is 4.39 Å². The molecule has 1 aromatic rings. The minimum Gasteiger partial charge on any atom is -0.355 e. The number of nitrogens with one attached hydrogen (secondary N) is 1. The fourth-order valence-electron chi connectivity index (χ4n) is 1.78. The molecule has 0 aliphatic heterocycles. The standard InChI is InChI=1S/C13H20FN3O/c1-3-16-13(18)9-17(2)8-10-4-5-12(14)6-11(10)7-15/h4-6H,3,7-9,15H2,1-2H3,(H,16,18). The lowest BCUT2D eigenvalue weighted by atomic mass is 10.1. The molecule has 0 unspecified atom stereocenters. The van der Waals surface area contributed by atoms with Crippen molar-refractivity contribution in [3.05, 3.63) is 35.1 Å². The van der Waals surface area contributed by atoms with Gasteiger partial charge in [-0.15, -0.1) is 0 Å². The molecule has 1 rings (SSSR count). The summed E-state index contributed by atoms with van der Waals surface area (Å²) in [6, 6.07) is 4.56. The van der Waals surface area contributed by atoms with Crippen molar-refractivity contribution in [2.24, 2.45) is 5.73 Å². The van der Waals surface area contributed by atoms with E-state index >= 15 is 0 Å². The Hall–Kier alpha value is -1.46. The Balaban J connectivity index is 2.63. The van der Waals surface area contributed by atoms with Crippen LogP contribution in [-0.2, 0) is 17.9 Å². The second-order valence-corrected chi connectivity index (χ2v) is 4.24. The first kappa shape index (κ1) is 14.6. The van der Waals surface area contributed by atoms with Crippen LogP contribution in [-0.4, -0.2) is 30.9 Å². The van der Waals surface area contributed by atoms with Gasteiger partial charge in [-0.1, -0.05) is 6.07 Å².